The number of likely N-dealkylation sites (tertiary alicyclic amines) is 1. The number of amides is 1. The molecule has 1 atom stereocenters. The predicted molar refractivity (Wildman–Crippen MR) is 96.0 cm³/mol. The number of rotatable bonds is 7. The zero-order valence-corrected chi connectivity index (χ0v) is 15.0. The Balaban J connectivity index is 1.35. The lowest BCUT2D eigenvalue weighted by atomic mass is 10.0. The van der Waals surface area contributed by atoms with Gasteiger partial charge in [-0.1, -0.05) is 6.92 Å². The van der Waals surface area contributed by atoms with E-state index >= 15 is 0 Å². The molecule has 2 aromatic rings. The number of carbonyl (C=O) groups excluding carboxylic acids is 1. The summed E-state index contributed by atoms with van der Waals surface area (Å²) in [5, 5.41) is 5.84. The highest BCUT2D eigenvalue weighted by molar-refractivity contribution is 7.13. The van der Waals surface area contributed by atoms with Crippen LogP contribution in [0.4, 0.5) is 0 Å². The van der Waals surface area contributed by atoms with Crippen molar-refractivity contribution in [2.75, 3.05) is 26.2 Å². The van der Waals surface area contributed by atoms with E-state index in [-0.39, 0.29) is 5.91 Å². The van der Waals surface area contributed by atoms with Crippen molar-refractivity contribution < 1.29 is 9.21 Å². The van der Waals surface area contributed by atoms with E-state index in [2.05, 4.69) is 22.1 Å². The van der Waals surface area contributed by atoms with Crippen LogP contribution in [0.25, 0.3) is 10.6 Å². The van der Waals surface area contributed by atoms with E-state index in [1.54, 1.807) is 12.5 Å². The molecule has 1 amide bonds. The molecule has 1 fully saturated rings. The van der Waals surface area contributed by atoms with Gasteiger partial charge < -0.3 is 14.6 Å². The van der Waals surface area contributed by atoms with Gasteiger partial charge in [0.2, 0.25) is 5.91 Å². The summed E-state index contributed by atoms with van der Waals surface area (Å²) in [5.74, 6) is 0.855. The van der Waals surface area contributed by atoms with Crippen LogP contribution < -0.4 is 5.32 Å². The van der Waals surface area contributed by atoms with Gasteiger partial charge in [0.1, 0.15) is 11.3 Å². The number of nitrogens with one attached hydrogen (secondary N) is 1. The van der Waals surface area contributed by atoms with E-state index in [0.717, 1.165) is 41.7 Å². The number of nitrogens with zero attached hydrogens (tertiary/aromatic N) is 2. The molecule has 3 rings (SSSR count). The van der Waals surface area contributed by atoms with Crippen LogP contribution in [0, 0.1) is 5.92 Å². The number of carbonyl (C=O) groups is 1. The average Bonchev–Trinajstić information content (AvgIpc) is 3.23. The molecule has 130 valence electrons. The summed E-state index contributed by atoms with van der Waals surface area (Å²) in [5.41, 5.74) is 1.78. The van der Waals surface area contributed by atoms with Crippen molar-refractivity contribution >= 4 is 17.2 Å². The third-order valence-electron chi connectivity index (χ3n) is 4.38. The van der Waals surface area contributed by atoms with E-state index in [4.69, 9.17) is 4.42 Å². The zero-order chi connectivity index (χ0) is 16.8. The van der Waals surface area contributed by atoms with Gasteiger partial charge in [-0.15, -0.1) is 11.3 Å². The Morgan fingerprint density at radius 1 is 1.54 bits per heavy atom. The summed E-state index contributed by atoms with van der Waals surface area (Å²) in [6, 6.07) is 1.88. The molecule has 1 saturated heterocycles. The van der Waals surface area contributed by atoms with Gasteiger partial charge in [-0.2, -0.15) is 0 Å². The lowest BCUT2D eigenvalue weighted by molar-refractivity contribution is -0.120. The Morgan fingerprint density at radius 2 is 2.46 bits per heavy atom. The third-order valence-corrected chi connectivity index (χ3v) is 5.32. The number of aromatic nitrogens is 1. The Bertz CT molecular complexity index is 638. The fourth-order valence-electron chi connectivity index (χ4n) is 3.15. The summed E-state index contributed by atoms with van der Waals surface area (Å²) in [6.45, 7) is 6.53. The van der Waals surface area contributed by atoms with Gasteiger partial charge in [0.15, 0.2) is 0 Å². The SMILES string of the molecule is C[C@H]1CCCN(CCCNC(=O)Cc2csc(-c3ccoc3)n2)C1. The largest absolute Gasteiger partial charge is 0.472 e. The Morgan fingerprint density at radius 3 is 3.25 bits per heavy atom. The molecule has 0 aliphatic carbocycles. The van der Waals surface area contributed by atoms with E-state index < -0.39 is 0 Å². The highest BCUT2D eigenvalue weighted by Gasteiger charge is 2.15. The van der Waals surface area contributed by atoms with Gasteiger partial charge in [0, 0.05) is 24.0 Å². The molecule has 0 spiro atoms. The highest BCUT2D eigenvalue weighted by Crippen LogP contribution is 2.24. The van der Waals surface area contributed by atoms with Gasteiger partial charge in [-0.25, -0.2) is 4.98 Å². The molecule has 24 heavy (non-hydrogen) atoms. The highest BCUT2D eigenvalue weighted by atomic mass is 32.1. The van der Waals surface area contributed by atoms with Crippen LogP contribution in [0.3, 0.4) is 0 Å². The number of furan rings is 1. The van der Waals surface area contributed by atoms with Crippen LogP contribution in [-0.4, -0.2) is 42.0 Å². The number of thiazole rings is 1. The third kappa shape index (κ3) is 4.92. The van der Waals surface area contributed by atoms with Crippen molar-refractivity contribution in [2.24, 2.45) is 5.92 Å². The Kier molecular flexibility index (Phi) is 6.04. The first-order valence-electron chi connectivity index (χ1n) is 8.67. The van der Waals surface area contributed by atoms with Gasteiger partial charge in [-0.3, -0.25) is 4.79 Å². The average molecular weight is 347 g/mol. The second-order valence-electron chi connectivity index (χ2n) is 6.58. The predicted octanol–water partition coefficient (Wildman–Crippen LogP) is 3.18. The van der Waals surface area contributed by atoms with Crippen molar-refractivity contribution in [3.8, 4) is 10.6 Å². The van der Waals surface area contributed by atoms with Crippen molar-refractivity contribution in [1.29, 1.82) is 0 Å². The molecular weight excluding hydrogens is 322 g/mol. The number of piperidine rings is 1. The summed E-state index contributed by atoms with van der Waals surface area (Å²) in [6.07, 6.45) is 7.30. The van der Waals surface area contributed by atoms with E-state index in [1.165, 1.54) is 37.3 Å². The summed E-state index contributed by atoms with van der Waals surface area (Å²) < 4.78 is 5.06. The Hall–Kier alpha value is -1.66. The monoisotopic (exact) mass is 347 g/mol. The van der Waals surface area contributed by atoms with Crippen molar-refractivity contribution in [3.05, 3.63) is 29.7 Å². The molecule has 5 nitrogen and oxygen atoms in total. The molecule has 0 unspecified atom stereocenters. The maximum Gasteiger partial charge on any atom is 0.226 e. The van der Waals surface area contributed by atoms with Crippen molar-refractivity contribution in [3.63, 3.8) is 0 Å². The van der Waals surface area contributed by atoms with Crippen molar-refractivity contribution in [1.82, 2.24) is 15.2 Å². The molecular formula is C18H25N3O2S. The maximum absolute atomic E-state index is 12.0. The first-order chi connectivity index (χ1) is 11.7. The van der Waals surface area contributed by atoms with Gasteiger partial charge in [0.25, 0.3) is 0 Å². The quantitative estimate of drug-likeness (QED) is 0.782. The minimum absolute atomic E-state index is 0.0473. The van der Waals surface area contributed by atoms with Crippen LogP contribution >= 0.6 is 11.3 Å². The topological polar surface area (TPSA) is 58.4 Å². The summed E-state index contributed by atoms with van der Waals surface area (Å²) in [4.78, 5) is 19.0. The van der Waals surface area contributed by atoms with Crippen LogP contribution in [0.2, 0.25) is 0 Å². The van der Waals surface area contributed by atoms with Gasteiger partial charge >= 0.3 is 0 Å². The lowest BCUT2D eigenvalue weighted by Crippen LogP contribution is -2.36. The first kappa shape index (κ1) is 17.2. The van der Waals surface area contributed by atoms with Crippen LogP contribution in [0.5, 0.6) is 0 Å². The van der Waals surface area contributed by atoms with Gasteiger partial charge in [-0.05, 0) is 44.3 Å². The number of hydrogen-bond donors (Lipinski definition) is 1. The molecule has 0 saturated carbocycles. The van der Waals surface area contributed by atoms with Crippen LogP contribution in [0.1, 0.15) is 31.9 Å². The van der Waals surface area contributed by atoms with E-state index in [0.29, 0.717) is 6.42 Å². The molecule has 1 N–H and O–H groups in total. The minimum atomic E-state index is 0.0473. The van der Waals surface area contributed by atoms with Crippen molar-refractivity contribution in [2.45, 2.75) is 32.6 Å². The number of hydrogen-bond acceptors (Lipinski definition) is 5. The minimum Gasteiger partial charge on any atom is -0.472 e. The molecule has 0 bridgehead atoms. The molecule has 1 aliphatic heterocycles. The smallest absolute Gasteiger partial charge is 0.226 e. The first-order valence-corrected chi connectivity index (χ1v) is 9.54. The van der Waals surface area contributed by atoms with Gasteiger partial charge in [0.05, 0.1) is 18.4 Å². The van der Waals surface area contributed by atoms with Crippen LogP contribution in [-0.2, 0) is 11.2 Å². The van der Waals surface area contributed by atoms with E-state index in [1.807, 2.05) is 11.4 Å². The molecule has 0 aromatic carbocycles. The van der Waals surface area contributed by atoms with E-state index in [9.17, 15) is 4.79 Å². The molecule has 6 heteroatoms. The summed E-state index contributed by atoms with van der Waals surface area (Å²) >= 11 is 1.54. The second kappa shape index (κ2) is 8.44. The van der Waals surface area contributed by atoms with Crippen LogP contribution in [0.15, 0.2) is 28.4 Å². The molecule has 1 aliphatic rings. The molecule has 3 heterocycles. The lowest BCUT2D eigenvalue weighted by Gasteiger charge is -2.30. The summed E-state index contributed by atoms with van der Waals surface area (Å²) in [7, 11) is 0. The Labute approximate surface area is 147 Å². The fourth-order valence-corrected chi connectivity index (χ4v) is 3.96. The zero-order valence-electron chi connectivity index (χ0n) is 14.2. The standard InChI is InChI=1S/C18H25N3O2S/c1-14-4-2-7-21(11-14)8-3-6-19-17(22)10-16-13-24-18(20-16)15-5-9-23-12-15/h5,9,12-14H,2-4,6-8,10-11H2,1H3,(H,19,22)/t14-/m0/s1. The second-order valence-corrected chi connectivity index (χ2v) is 7.44. The normalized spacial score (nSPS) is 18.6. The molecule has 2 aromatic heterocycles. The molecule has 0 radical (unpaired) electrons. The maximum atomic E-state index is 12.0. The fraction of sp³-hybridized carbons (Fsp3) is 0.556.